The van der Waals surface area contributed by atoms with Gasteiger partial charge in [-0.3, -0.25) is 4.68 Å². The molecule has 104 valence electrons. The van der Waals surface area contributed by atoms with Crippen molar-refractivity contribution >= 4 is 12.4 Å². The van der Waals surface area contributed by atoms with Crippen molar-refractivity contribution < 1.29 is 10.2 Å². The van der Waals surface area contributed by atoms with Crippen LogP contribution < -0.4 is 5.32 Å². The third-order valence-electron chi connectivity index (χ3n) is 2.79. The number of aryl methyl sites for hydroxylation is 1. The molecular formula is C13H18ClN3O2. The van der Waals surface area contributed by atoms with Gasteiger partial charge in [0.05, 0.1) is 5.69 Å². The van der Waals surface area contributed by atoms with E-state index in [4.69, 9.17) is 0 Å². The molecule has 0 atom stereocenters. The van der Waals surface area contributed by atoms with Crippen LogP contribution in [0.3, 0.4) is 0 Å². The van der Waals surface area contributed by atoms with Crippen LogP contribution in [0, 0.1) is 0 Å². The Morgan fingerprint density at radius 2 is 2.00 bits per heavy atom. The second kappa shape index (κ2) is 7.01. The van der Waals surface area contributed by atoms with Gasteiger partial charge in [-0.25, -0.2) is 0 Å². The molecule has 19 heavy (non-hydrogen) atoms. The maximum atomic E-state index is 9.63. The molecule has 0 fully saturated rings. The van der Waals surface area contributed by atoms with E-state index in [1.54, 1.807) is 18.3 Å². The third-order valence-corrected chi connectivity index (χ3v) is 2.79. The average Bonchev–Trinajstić information content (AvgIpc) is 2.79. The topological polar surface area (TPSA) is 70.3 Å². The summed E-state index contributed by atoms with van der Waals surface area (Å²) in [5, 5.41) is 26.2. The normalized spacial score (nSPS) is 10.2. The lowest BCUT2D eigenvalue weighted by atomic mass is 10.2. The van der Waals surface area contributed by atoms with Gasteiger partial charge in [-0.1, -0.05) is 6.07 Å². The molecule has 6 heteroatoms. The summed E-state index contributed by atoms with van der Waals surface area (Å²) in [5.74, 6) is 0.173. The number of nitrogens with one attached hydrogen (secondary N) is 1. The van der Waals surface area contributed by atoms with E-state index >= 15 is 0 Å². The van der Waals surface area contributed by atoms with Gasteiger partial charge in [-0.2, -0.15) is 5.10 Å². The Morgan fingerprint density at radius 3 is 2.68 bits per heavy atom. The van der Waals surface area contributed by atoms with Gasteiger partial charge < -0.3 is 15.5 Å². The zero-order chi connectivity index (χ0) is 13.0. The summed E-state index contributed by atoms with van der Waals surface area (Å²) in [7, 11) is 0. The monoisotopic (exact) mass is 283 g/mol. The summed E-state index contributed by atoms with van der Waals surface area (Å²) in [5.41, 5.74) is 1.87. The minimum absolute atomic E-state index is 0. The molecule has 1 heterocycles. The Balaban J connectivity index is 0.00000180. The quantitative estimate of drug-likeness (QED) is 0.785. The molecule has 0 bridgehead atoms. The van der Waals surface area contributed by atoms with Gasteiger partial charge in [0.25, 0.3) is 0 Å². The van der Waals surface area contributed by atoms with Crippen molar-refractivity contribution in [1.29, 1.82) is 0 Å². The molecule has 3 N–H and O–H groups in total. The molecule has 0 saturated carbocycles. The second-order valence-corrected chi connectivity index (χ2v) is 4.05. The number of benzene rings is 1. The van der Waals surface area contributed by atoms with Crippen molar-refractivity contribution in [3.8, 4) is 11.5 Å². The number of hydrogen-bond acceptors (Lipinski definition) is 4. The average molecular weight is 284 g/mol. The van der Waals surface area contributed by atoms with E-state index in [1.165, 1.54) is 6.07 Å². The number of nitrogens with zero attached hydrogens (tertiary/aromatic N) is 2. The first-order valence-corrected chi connectivity index (χ1v) is 5.93. The molecule has 5 nitrogen and oxygen atoms in total. The van der Waals surface area contributed by atoms with Gasteiger partial charge in [0.15, 0.2) is 0 Å². The fraction of sp³-hybridized carbons (Fsp3) is 0.308. The Labute approximate surface area is 118 Å². The van der Waals surface area contributed by atoms with Gasteiger partial charge in [0.1, 0.15) is 11.5 Å². The molecule has 0 unspecified atom stereocenters. The summed E-state index contributed by atoms with van der Waals surface area (Å²) >= 11 is 0. The number of aromatic hydroxyl groups is 2. The lowest BCUT2D eigenvalue weighted by Crippen LogP contribution is -2.16. The SMILES string of the molecule is CCn1nccc1CNCc1ccc(O)cc1O.Cl. The maximum Gasteiger partial charge on any atom is 0.123 e. The first kappa shape index (κ1) is 15.3. The number of halogens is 1. The number of hydrogen-bond donors (Lipinski definition) is 3. The fourth-order valence-corrected chi connectivity index (χ4v) is 1.82. The molecule has 1 aromatic carbocycles. The van der Waals surface area contributed by atoms with Gasteiger partial charge in [0, 0.05) is 37.5 Å². The Morgan fingerprint density at radius 1 is 1.21 bits per heavy atom. The van der Waals surface area contributed by atoms with Crippen LogP contribution in [0.25, 0.3) is 0 Å². The van der Waals surface area contributed by atoms with E-state index in [0.29, 0.717) is 13.1 Å². The molecule has 0 radical (unpaired) electrons. The molecule has 0 aliphatic rings. The van der Waals surface area contributed by atoms with E-state index in [0.717, 1.165) is 17.8 Å². The third kappa shape index (κ3) is 3.87. The predicted molar refractivity (Wildman–Crippen MR) is 75.5 cm³/mol. The molecule has 0 amide bonds. The van der Waals surface area contributed by atoms with Crippen molar-refractivity contribution in [1.82, 2.24) is 15.1 Å². The van der Waals surface area contributed by atoms with Crippen LogP contribution in [0.4, 0.5) is 0 Å². The van der Waals surface area contributed by atoms with E-state index in [1.807, 2.05) is 17.7 Å². The van der Waals surface area contributed by atoms with Crippen molar-refractivity contribution in [2.75, 3.05) is 0 Å². The van der Waals surface area contributed by atoms with E-state index in [-0.39, 0.29) is 23.9 Å². The summed E-state index contributed by atoms with van der Waals surface area (Å²) in [6.45, 7) is 4.12. The Bertz CT molecular complexity index is 528. The van der Waals surface area contributed by atoms with E-state index in [9.17, 15) is 10.2 Å². The molecule has 0 spiro atoms. The lowest BCUT2D eigenvalue weighted by molar-refractivity contribution is 0.443. The molecule has 0 aliphatic heterocycles. The van der Waals surface area contributed by atoms with E-state index < -0.39 is 0 Å². The number of phenolic OH excluding ortho intramolecular Hbond substituents is 2. The van der Waals surface area contributed by atoms with Gasteiger partial charge in [0.2, 0.25) is 0 Å². The van der Waals surface area contributed by atoms with Crippen LogP contribution in [0.5, 0.6) is 11.5 Å². The van der Waals surface area contributed by atoms with Crippen LogP contribution in [0.1, 0.15) is 18.2 Å². The standard InChI is InChI=1S/C13H17N3O2.ClH/c1-2-16-11(5-6-15-16)9-14-8-10-3-4-12(17)7-13(10)18;/h3-7,14,17-18H,2,8-9H2,1H3;1H. The Hall–Kier alpha value is -1.72. The zero-order valence-corrected chi connectivity index (χ0v) is 11.5. The minimum atomic E-state index is 0. The van der Waals surface area contributed by atoms with Crippen molar-refractivity contribution in [2.45, 2.75) is 26.6 Å². The van der Waals surface area contributed by atoms with Gasteiger partial charge >= 0.3 is 0 Å². The molecule has 2 aromatic rings. The van der Waals surface area contributed by atoms with Crippen LogP contribution in [0.15, 0.2) is 30.5 Å². The largest absolute Gasteiger partial charge is 0.508 e. The minimum Gasteiger partial charge on any atom is -0.508 e. The first-order valence-electron chi connectivity index (χ1n) is 5.93. The van der Waals surface area contributed by atoms with Crippen LogP contribution in [-0.2, 0) is 19.6 Å². The van der Waals surface area contributed by atoms with Gasteiger partial charge in [-0.15, -0.1) is 12.4 Å². The van der Waals surface area contributed by atoms with Crippen LogP contribution >= 0.6 is 12.4 Å². The lowest BCUT2D eigenvalue weighted by Gasteiger charge is -2.08. The molecule has 0 aliphatic carbocycles. The summed E-state index contributed by atoms with van der Waals surface area (Å²) in [6.07, 6.45) is 1.78. The second-order valence-electron chi connectivity index (χ2n) is 4.05. The van der Waals surface area contributed by atoms with Crippen LogP contribution in [0.2, 0.25) is 0 Å². The Kier molecular flexibility index (Phi) is 5.66. The van der Waals surface area contributed by atoms with Crippen molar-refractivity contribution in [3.05, 3.63) is 41.7 Å². The molecule has 1 aromatic heterocycles. The molecular weight excluding hydrogens is 266 g/mol. The highest BCUT2D eigenvalue weighted by atomic mass is 35.5. The zero-order valence-electron chi connectivity index (χ0n) is 10.7. The smallest absolute Gasteiger partial charge is 0.123 e. The van der Waals surface area contributed by atoms with Gasteiger partial charge in [-0.05, 0) is 19.1 Å². The first-order chi connectivity index (χ1) is 8.70. The highest BCUT2D eigenvalue weighted by Gasteiger charge is 2.03. The molecule has 0 saturated heterocycles. The number of aromatic nitrogens is 2. The summed E-state index contributed by atoms with van der Waals surface area (Å²) in [4.78, 5) is 0. The summed E-state index contributed by atoms with van der Waals surface area (Å²) in [6, 6.07) is 6.57. The number of phenols is 2. The highest BCUT2D eigenvalue weighted by molar-refractivity contribution is 5.85. The van der Waals surface area contributed by atoms with E-state index in [2.05, 4.69) is 10.4 Å². The van der Waals surface area contributed by atoms with Crippen molar-refractivity contribution in [3.63, 3.8) is 0 Å². The molecule has 2 rings (SSSR count). The van der Waals surface area contributed by atoms with Crippen LogP contribution in [-0.4, -0.2) is 20.0 Å². The number of rotatable bonds is 5. The summed E-state index contributed by atoms with van der Waals surface area (Å²) < 4.78 is 1.92. The van der Waals surface area contributed by atoms with Crippen molar-refractivity contribution in [2.24, 2.45) is 0 Å². The highest BCUT2D eigenvalue weighted by Crippen LogP contribution is 2.22. The predicted octanol–water partition coefficient (Wildman–Crippen LogP) is 2.03. The fourth-order valence-electron chi connectivity index (χ4n) is 1.82. The maximum absolute atomic E-state index is 9.63.